The number of carbonyl (C=O) groups is 1. The van der Waals surface area contributed by atoms with Crippen molar-refractivity contribution in [3.8, 4) is 17.2 Å². The number of aromatic hydroxyl groups is 1. The van der Waals surface area contributed by atoms with Gasteiger partial charge in [-0.2, -0.15) is 0 Å². The monoisotopic (exact) mass is 509 g/mol. The molecule has 0 saturated heterocycles. The first-order valence-corrected chi connectivity index (χ1v) is 13.1. The average Bonchev–Trinajstić information content (AvgIpc) is 3.34. The van der Waals surface area contributed by atoms with Crippen molar-refractivity contribution in [2.24, 2.45) is 0 Å². The minimum absolute atomic E-state index is 0.238. The largest absolute Gasteiger partial charge is 0.505 e. The molecule has 1 N–H and O–H groups in total. The molecule has 4 aromatic carbocycles. The summed E-state index contributed by atoms with van der Waals surface area (Å²) >= 11 is 1.58. The number of aromatic nitrogens is 3. The van der Waals surface area contributed by atoms with Crippen LogP contribution in [0.15, 0.2) is 94.7 Å². The van der Waals surface area contributed by atoms with Crippen LogP contribution < -0.4 is 4.74 Å². The Hall–Kier alpha value is -4.10. The molecule has 0 aliphatic heterocycles. The molecule has 0 unspecified atom stereocenters. The number of esters is 1. The third-order valence-electron chi connectivity index (χ3n) is 5.96. The number of nitrogens with zero attached hydrogens (tertiary/aromatic N) is 3. The predicted molar refractivity (Wildman–Crippen MR) is 146 cm³/mol. The second-order valence-electron chi connectivity index (χ2n) is 8.86. The summed E-state index contributed by atoms with van der Waals surface area (Å²) in [5.41, 5.74) is 4.59. The standard InChI is InChI=1S/C30H27N3O3S/c1-3-4-8-22-17-20(2)18-28(29(22)34)33-31-26-16-15-25(19-27(26)32-33)37-24-13-11-23(12-14-24)36-30(35)21-9-6-5-7-10-21/h5-7,9-19,34H,3-4,8H2,1-2H3. The molecule has 0 bridgehead atoms. The number of ether oxygens (including phenoxy) is 1. The van der Waals surface area contributed by atoms with Crippen LogP contribution in [0.25, 0.3) is 16.7 Å². The van der Waals surface area contributed by atoms with Crippen molar-refractivity contribution in [3.05, 3.63) is 102 Å². The molecule has 5 rings (SSSR count). The summed E-state index contributed by atoms with van der Waals surface area (Å²) in [6.45, 7) is 4.16. The Bertz CT molecular complexity index is 1550. The van der Waals surface area contributed by atoms with Crippen LogP contribution in [-0.4, -0.2) is 26.1 Å². The predicted octanol–water partition coefficient (Wildman–Crippen LogP) is 7.15. The van der Waals surface area contributed by atoms with Crippen LogP contribution in [0.2, 0.25) is 0 Å². The van der Waals surface area contributed by atoms with Gasteiger partial charge in [0.25, 0.3) is 0 Å². The lowest BCUT2D eigenvalue weighted by molar-refractivity contribution is 0.0734. The van der Waals surface area contributed by atoms with Crippen LogP contribution >= 0.6 is 11.8 Å². The third kappa shape index (κ3) is 5.67. The number of benzene rings is 4. The molecule has 37 heavy (non-hydrogen) atoms. The Morgan fingerprint density at radius 2 is 1.65 bits per heavy atom. The van der Waals surface area contributed by atoms with Gasteiger partial charge in [0.15, 0.2) is 0 Å². The molecule has 186 valence electrons. The van der Waals surface area contributed by atoms with Crippen molar-refractivity contribution >= 4 is 28.8 Å². The number of rotatable bonds is 8. The van der Waals surface area contributed by atoms with Gasteiger partial charge in [-0.3, -0.25) is 0 Å². The highest BCUT2D eigenvalue weighted by Crippen LogP contribution is 2.32. The van der Waals surface area contributed by atoms with Crippen LogP contribution in [0.5, 0.6) is 11.5 Å². The maximum absolute atomic E-state index is 12.3. The van der Waals surface area contributed by atoms with Gasteiger partial charge in [-0.25, -0.2) is 4.79 Å². The highest BCUT2D eigenvalue weighted by Gasteiger charge is 2.14. The van der Waals surface area contributed by atoms with Crippen molar-refractivity contribution in [1.82, 2.24) is 15.0 Å². The van der Waals surface area contributed by atoms with E-state index in [0.29, 0.717) is 17.0 Å². The van der Waals surface area contributed by atoms with Gasteiger partial charge in [-0.05, 0) is 91.6 Å². The smallest absolute Gasteiger partial charge is 0.343 e. The minimum atomic E-state index is -0.383. The zero-order chi connectivity index (χ0) is 25.8. The molecule has 0 atom stereocenters. The molecule has 0 amide bonds. The van der Waals surface area contributed by atoms with Crippen LogP contribution in [0.1, 0.15) is 41.3 Å². The summed E-state index contributed by atoms with van der Waals surface area (Å²) in [5.74, 6) is 0.349. The van der Waals surface area contributed by atoms with E-state index >= 15 is 0 Å². The molecule has 0 fully saturated rings. The molecular formula is C30H27N3O3S. The first-order valence-electron chi connectivity index (χ1n) is 12.3. The topological polar surface area (TPSA) is 77.2 Å². The first kappa shape index (κ1) is 24.6. The molecule has 0 radical (unpaired) electrons. The van der Waals surface area contributed by atoms with E-state index in [9.17, 15) is 9.90 Å². The van der Waals surface area contributed by atoms with E-state index in [1.54, 1.807) is 48.2 Å². The van der Waals surface area contributed by atoms with Crippen LogP contribution in [-0.2, 0) is 6.42 Å². The molecule has 7 heteroatoms. The SMILES string of the molecule is CCCCc1cc(C)cc(-n2nc3ccc(Sc4ccc(OC(=O)c5ccccc5)cc4)cc3n2)c1O. The molecule has 1 aromatic heterocycles. The summed E-state index contributed by atoms with van der Waals surface area (Å²) in [6, 6.07) is 26.2. The minimum Gasteiger partial charge on any atom is -0.505 e. The molecule has 0 aliphatic carbocycles. The molecule has 5 aromatic rings. The maximum Gasteiger partial charge on any atom is 0.343 e. The summed E-state index contributed by atoms with van der Waals surface area (Å²) in [5, 5.41) is 20.1. The summed E-state index contributed by atoms with van der Waals surface area (Å²) in [6.07, 6.45) is 2.90. The fourth-order valence-electron chi connectivity index (χ4n) is 4.06. The van der Waals surface area contributed by atoms with Gasteiger partial charge < -0.3 is 9.84 Å². The summed E-state index contributed by atoms with van der Waals surface area (Å²) in [4.78, 5) is 15.8. The number of phenolic OH excluding ortho intramolecular Hbond substituents is 1. The van der Waals surface area contributed by atoms with Gasteiger partial charge in [0, 0.05) is 9.79 Å². The van der Waals surface area contributed by atoms with Gasteiger partial charge in [0.05, 0.1) is 5.56 Å². The van der Waals surface area contributed by atoms with Gasteiger partial charge in [0.2, 0.25) is 0 Å². The average molecular weight is 510 g/mol. The summed E-state index contributed by atoms with van der Waals surface area (Å²) in [7, 11) is 0. The maximum atomic E-state index is 12.3. The van der Waals surface area contributed by atoms with Crippen LogP contribution in [0.3, 0.4) is 0 Å². The zero-order valence-electron chi connectivity index (χ0n) is 20.7. The Balaban J connectivity index is 1.32. The van der Waals surface area contributed by atoms with Crippen LogP contribution in [0.4, 0.5) is 0 Å². The van der Waals surface area contributed by atoms with Crippen molar-refractivity contribution in [2.45, 2.75) is 42.9 Å². The fourth-order valence-corrected chi connectivity index (χ4v) is 4.91. The molecular weight excluding hydrogens is 482 g/mol. The fraction of sp³-hybridized carbons (Fsp3) is 0.167. The lowest BCUT2D eigenvalue weighted by Crippen LogP contribution is -2.07. The lowest BCUT2D eigenvalue weighted by Gasteiger charge is -2.10. The van der Waals surface area contributed by atoms with Gasteiger partial charge in [-0.15, -0.1) is 15.0 Å². The molecule has 6 nitrogen and oxygen atoms in total. The van der Waals surface area contributed by atoms with Crippen molar-refractivity contribution in [2.75, 3.05) is 0 Å². The highest BCUT2D eigenvalue weighted by atomic mass is 32.2. The highest BCUT2D eigenvalue weighted by molar-refractivity contribution is 7.99. The van der Waals surface area contributed by atoms with Crippen molar-refractivity contribution in [3.63, 3.8) is 0 Å². The van der Waals surface area contributed by atoms with E-state index in [-0.39, 0.29) is 11.7 Å². The lowest BCUT2D eigenvalue weighted by atomic mass is 10.0. The number of hydrogen-bond acceptors (Lipinski definition) is 6. The van der Waals surface area contributed by atoms with Gasteiger partial charge >= 0.3 is 5.97 Å². The Kier molecular flexibility index (Phi) is 7.23. The van der Waals surface area contributed by atoms with E-state index in [4.69, 9.17) is 4.74 Å². The molecule has 0 spiro atoms. The number of phenols is 1. The third-order valence-corrected chi connectivity index (χ3v) is 6.96. The first-order chi connectivity index (χ1) is 18.0. The number of fused-ring (bicyclic) bond motifs is 1. The van der Waals surface area contributed by atoms with E-state index in [2.05, 4.69) is 17.1 Å². The zero-order valence-corrected chi connectivity index (χ0v) is 21.5. The second kappa shape index (κ2) is 10.9. The Morgan fingerprint density at radius 1 is 0.919 bits per heavy atom. The van der Waals surface area contributed by atoms with E-state index in [1.165, 1.54) is 4.80 Å². The number of unbranched alkanes of at least 4 members (excludes halogenated alkanes) is 1. The van der Waals surface area contributed by atoms with Crippen LogP contribution in [0, 0.1) is 6.92 Å². The molecule has 0 aliphatic rings. The molecule has 0 saturated carbocycles. The second-order valence-corrected chi connectivity index (χ2v) is 10.0. The Labute approximate surface area is 219 Å². The van der Waals surface area contributed by atoms with E-state index in [1.807, 2.05) is 55.5 Å². The van der Waals surface area contributed by atoms with E-state index in [0.717, 1.165) is 51.2 Å². The molecule has 1 heterocycles. The van der Waals surface area contributed by atoms with Crippen molar-refractivity contribution in [1.29, 1.82) is 0 Å². The van der Waals surface area contributed by atoms with Gasteiger partial charge in [0.1, 0.15) is 28.2 Å². The Morgan fingerprint density at radius 3 is 2.41 bits per heavy atom. The quantitative estimate of drug-likeness (QED) is 0.177. The van der Waals surface area contributed by atoms with E-state index < -0.39 is 0 Å². The van der Waals surface area contributed by atoms with Gasteiger partial charge in [-0.1, -0.05) is 49.4 Å². The van der Waals surface area contributed by atoms with Crippen molar-refractivity contribution < 1.29 is 14.6 Å². The normalized spacial score (nSPS) is 11.1. The summed E-state index contributed by atoms with van der Waals surface area (Å²) < 4.78 is 5.47. The number of hydrogen-bond donors (Lipinski definition) is 1. The number of carbonyl (C=O) groups excluding carboxylic acids is 1. The number of aryl methyl sites for hydroxylation is 2.